The van der Waals surface area contributed by atoms with Gasteiger partial charge >= 0.3 is 0 Å². The van der Waals surface area contributed by atoms with Crippen molar-refractivity contribution in [2.24, 2.45) is 0 Å². The summed E-state index contributed by atoms with van der Waals surface area (Å²) in [7, 11) is 1.62. The van der Waals surface area contributed by atoms with Gasteiger partial charge in [0.2, 0.25) is 0 Å². The number of amides is 1. The Morgan fingerprint density at radius 2 is 1.71 bits per heavy atom. The molecular weight excluding hydrogens is 349 g/mol. The van der Waals surface area contributed by atoms with E-state index in [2.05, 4.69) is 0 Å². The molecule has 1 amide bonds. The molecule has 1 fully saturated rings. The highest BCUT2D eigenvalue weighted by molar-refractivity contribution is 6.35. The van der Waals surface area contributed by atoms with Crippen LogP contribution in [0.15, 0.2) is 42.5 Å². The molecule has 0 bridgehead atoms. The Hall–Kier alpha value is -1.91. The van der Waals surface area contributed by atoms with E-state index in [0.717, 1.165) is 17.9 Å². The summed E-state index contributed by atoms with van der Waals surface area (Å²) < 4.78 is 11.1. The van der Waals surface area contributed by atoms with E-state index in [1.54, 1.807) is 30.2 Å². The summed E-state index contributed by atoms with van der Waals surface area (Å²) in [5, 5.41) is 0.909. The van der Waals surface area contributed by atoms with E-state index in [9.17, 15) is 4.79 Å². The number of ether oxygens (including phenoxy) is 2. The molecule has 2 aromatic carbocycles. The van der Waals surface area contributed by atoms with E-state index < -0.39 is 0 Å². The van der Waals surface area contributed by atoms with Gasteiger partial charge in [0.1, 0.15) is 17.6 Å². The first-order chi connectivity index (χ1) is 11.5. The van der Waals surface area contributed by atoms with E-state index in [-0.39, 0.29) is 12.0 Å². The van der Waals surface area contributed by atoms with Gasteiger partial charge in [-0.3, -0.25) is 4.79 Å². The van der Waals surface area contributed by atoms with Crippen LogP contribution < -0.4 is 9.47 Å². The van der Waals surface area contributed by atoms with Crippen molar-refractivity contribution in [3.8, 4) is 11.5 Å². The van der Waals surface area contributed by atoms with Crippen molar-refractivity contribution in [1.29, 1.82) is 0 Å². The fourth-order valence-electron chi connectivity index (χ4n) is 2.72. The van der Waals surface area contributed by atoms with Crippen molar-refractivity contribution in [3.63, 3.8) is 0 Å². The Balaban J connectivity index is 1.62. The highest BCUT2D eigenvalue weighted by atomic mass is 35.5. The molecule has 0 unspecified atom stereocenters. The number of hydrogen-bond acceptors (Lipinski definition) is 3. The fourth-order valence-corrected chi connectivity index (χ4v) is 3.24. The minimum Gasteiger partial charge on any atom is -0.497 e. The average molecular weight is 366 g/mol. The molecule has 1 aliphatic heterocycles. The SMILES string of the molecule is COc1ccc(O[C@@H]2CCN(C(=O)c3cc(Cl)cc(Cl)c3)C2)cc1. The van der Waals surface area contributed by atoms with Crippen LogP contribution in [0, 0.1) is 0 Å². The lowest BCUT2D eigenvalue weighted by Gasteiger charge is -2.18. The molecule has 1 atom stereocenters. The molecule has 0 spiro atoms. The molecule has 0 aromatic heterocycles. The van der Waals surface area contributed by atoms with E-state index in [1.807, 2.05) is 24.3 Å². The third-order valence-electron chi connectivity index (χ3n) is 3.90. The highest BCUT2D eigenvalue weighted by Crippen LogP contribution is 2.24. The van der Waals surface area contributed by atoms with Crippen LogP contribution in [-0.4, -0.2) is 37.1 Å². The van der Waals surface area contributed by atoms with Crippen LogP contribution >= 0.6 is 23.2 Å². The van der Waals surface area contributed by atoms with E-state index >= 15 is 0 Å². The van der Waals surface area contributed by atoms with Crippen LogP contribution in [0.3, 0.4) is 0 Å². The lowest BCUT2D eigenvalue weighted by atomic mass is 10.2. The van der Waals surface area contributed by atoms with Gasteiger partial charge in [0.25, 0.3) is 5.91 Å². The summed E-state index contributed by atoms with van der Waals surface area (Å²) in [4.78, 5) is 14.3. The van der Waals surface area contributed by atoms with Gasteiger partial charge in [0, 0.05) is 28.6 Å². The second-order valence-corrected chi connectivity index (χ2v) is 6.49. The lowest BCUT2D eigenvalue weighted by molar-refractivity contribution is 0.0772. The predicted octanol–water partition coefficient (Wildman–Crippen LogP) is 4.30. The van der Waals surface area contributed by atoms with Crippen LogP contribution in [0.1, 0.15) is 16.8 Å². The smallest absolute Gasteiger partial charge is 0.254 e. The number of carbonyl (C=O) groups is 1. The topological polar surface area (TPSA) is 38.8 Å². The first-order valence-electron chi connectivity index (χ1n) is 7.61. The number of likely N-dealkylation sites (tertiary alicyclic amines) is 1. The fraction of sp³-hybridized carbons (Fsp3) is 0.278. The molecule has 0 N–H and O–H groups in total. The Morgan fingerprint density at radius 1 is 1.08 bits per heavy atom. The molecule has 4 nitrogen and oxygen atoms in total. The molecule has 0 saturated carbocycles. The number of rotatable bonds is 4. The van der Waals surface area contributed by atoms with Gasteiger partial charge in [-0.25, -0.2) is 0 Å². The lowest BCUT2D eigenvalue weighted by Crippen LogP contribution is -2.30. The van der Waals surface area contributed by atoms with Gasteiger partial charge in [0.05, 0.1) is 13.7 Å². The average Bonchev–Trinajstić information content (AvgIpc) is 3.02. The number of hydrogen-bond donors (Lipinski definition) is 0. The van der Waals surface area contributed by atoms with Crippen molar-refractivity contribution in [3.05, 3.63) is 58.1 Å². The molecule has 6 heteroatoms. The molecule has 1 saturated heterocycles. The second-order valence-electron chi connectivity index (χ2n) is 5.61. The molecule has 0 radical (unpaired) electrons. The van der Waals surface area contributed by atoms with Crippen LogP contribution in [0.2, 0.25) is 10.0 Å². The zero-order valence-corrected chi connectivity index (χ0v) is 14.7. The summed E-state index contributed by atoms with van der Waals surface area (Å²) in [6, 6.07) is 12.3. The van der Waals surface area contributed by atoms with Gasteiger partial charge in [0.15, 0.2) is 0 Å². The third kappa shape index (κ3) is 3.94. The zero-order chi connectivity index (χ0) is 17.1. The van der Waals surface area contributed by atoms with Gasteiger partial charge in [-0.2, -0.15) is 0 Å². The Labute approximate surface area is 150 Å². The zero-order valence-electron chi connectivity index (χ0n) is 13.2. The first-order valence-corrected chi connectivity index (χ1v) is 8.37. The van der Waals surface area contributed by atoms with Crippen LogP contribution in [0.5, 0.6) is 11.5 Å². The summed E-state index contributed by atoms with van der Waals surface area (Å²) in [6.07, 6.45) is 0.753. The molecular formula is C18H17Cl2NO3. The van der Waals surface area contributed by atoms with Gasteiger partial charge in [-0.15, -0.1) is 0 Å². The van der Waals surface area contributed by atoms with Gasteiger partial charge in [-0.1, -0.05) is 23.2 Å². The molecule has 3 rings (SSSR count). The molecule has 1 aliphatic rings. The number of nitrogens with zero attached hydrogens (tertiary/aromatic N) is 1. The van der Waals surface area contributed by atoms with E-state index in [0.29, 0.717) is 28.7 Å². The van der Waals surface area contributed by atoms with Crippen LogP contribution in [0.4, 0.5) is 0 Å². The minimum absolute atomic E-state index is 0.0306. The normalized spacial score (nSPS) is 17.0. The van der Waals surface area contributed by atoms with Crippen molar-refractivity contribution in [2.75, 3.05) is 20.2 Å². The minimum atomic E-state index is -0.0831. The predicted molar refractivity (Wildman–Crippen MR) is 94.4 cm³/mol. The maximum Gasteiger partial charge on any atom is 0.254 e. The number of carbonyl (C=O) groups excluding carboxylic acids is 1. The molecule has 2 aromatic rings. The van der Waals surface area contributed by atoms with Crippen molar-refractivity contribution >= 4 is 29.1 Å². The molecule has 24 heavy (non-hydrogen) atoms. The van der Waals surface area contributed by atoms with E-state index in [4.69, 9.17) is 32.7 Å². The monoisotopic (exact) mass is 365 g/mol. The number of halogens is 2. The maximum atomic E-state index is 12.6. The van der Waals surface area contributed by atoms with Crippen molar-refractivity contribution < 1.29 is 14.3 Å². The Bertz CT molecular complexity index is 713. The molecule has 1 heterocycles. The second kappa shape index (κ2) is 7.32. The molecule has 126 valence electrons. The van der Waals surface area contributed by atoms with Crippen molar-refractivity contribution in [2.45, 2.75) is 12.5 Å². The summed E-state index contributed by atoms with van der Waals surface area (Å²) in [6.45, 7) is 1.18. The highest BCUT2D eigenvalue weighted by Gasteiger charge is 2.28. The van der Waals surface area contributed by atoms with Crippen LogP contribution in [-0.2, 0) is 0 Å². The third-order valence-corrected chi connectivity index (χ3v) is 4.34. The Kier molecular flexibility index (Phi) is 5.17. The number of benzene rings is 2. The quantitative estimate of drug-likeness (QED) is 0.810. The molecule has 0 aliphatic carbocycles. The number of methoxy groups -OCH3 is 1. The standard InChI is InChI=1S/C18H17Cl2NO3/c1-23-15-2-4-16(5-3-15)24-17-6-7-21(11-17)18(22)12-8-13(19)10-14(20)9-12/h2-5,8-10,17H,6-7,11H2,1H3/t17-/m1/s1. The van der Waals surface area contributed by atoms with Gasteiger partial charge in [-0.05, 0) is 42.5 Å². The first kappa shape index (κ1) is 16.9. The summed E-state index contributed by atoms with van der Waals surface area (Å²) in [5.74, 6) is 1.46. The Morgan fingerprint density at radius 3 is 2.33 bits per heavy atom. The van der Waals surface area contributed by atoms with Crippen molar-refractivity contribution in [1.82, 2.24) is 4.90 Å². The maximum absolute atomic E-state index is 12.6. The van der Waals surface area contributed by atoms with Crippen LogP contribution in [0.25, 0.3) is 0 Å². The van der Waals surface area contributed by atoms with E-state index in [1.165, 1.54) is 0 Å². The van der Waals surface area contributed by atoms with Gasteiger partial charge < -0.3 is 14.4 Å². The largest absolute Gasteiger partial charge is 0.497 e. The summed E-state index contributed by atoms with van der Waals surface area (Å²) in [5.41, 5.74) is 0.498. The summed E-state index contributed by atoms with van der Waals surface area (Å²) >= 11 is 11.9.